The number of halogens is 1. The maximum atomic E-state index is 13.6. The predicted molar refractivity (Wildman–Crippen MR) is 168 cm³/mol. The van der Waals surface area contributed by atoms with Crippen molar-refractivity contribution in [2.45, 2.75) is 6.42 Å². The normalized spacial score (nSPS) is 13.4. The van der Waals surface area contributed by atoms with Gasteiger partial charge in [-0.2, -0.15) is 0 Å². The lowest BCUT2D eigenvalue weighted by Gasteiger charge is -2.26. The van der Waals surface area contributed by atoms with Crippen LogP contribution in [0.3, 0.4) is 0 Å². The van der Waals surface area contributed by atoms with Crippen LogP contribution >= 0.6 is 12.4 Å². The average Bonchev–Trinajstić information content (AvgIpc) is 3.29. The van der Waals surface area contributed by atoms with E-state index in [2.05, 4.69) is 28.2 Å². The van der Waals surface area contributed by atoms with Gasteiger partial charge in [0, 0.05) is 42.7 Å². The van der Waals surface area contributed by atoms with Gasteiger partial charge in [0.1, 0.15) is 6.61 Å². The van der Waals surface area contributed by atoms with Crippen LogP contribution in [0.4, 0.5) is 0 Å². The molecule has 0 aliphatic carbocycles. The molecule has 3 aromatic heterocycles. The molecule has 0 radical (unpaired) electrons. The summed E-state index contributed by atoms with van der Waals surface area (Å²) in [5.41, 5.74) is 8.13. The van der Waals surface area contributed by atoms with Gasteiger partial charge in [-0.3, -0.25) is 23.9 Å². The Morgan fingerprint density at radius 2 is 1.67 bits per heavy atom. The lowest BCUT2D eigenvalue weighted by molar-refractivity contribution is -0.133. The highest BCUT2D eigenvalue weighted by atomic mass is 35.5. The van der Waals surface area contributed by atoms with E-state index in [0.717, 1.165) is 60.8 Å². The summed E-state index contributed by atoms with van der Waals surface area (Å²) < 4.78 is 3.39. The van der Waals surface area contributed by atoms with Crippen molar-refractivity contribution < 1.29 is 9.90 Å². The second-order valence-corrected chi connectivity index (χ2v) is 10.3. The van der Waals surface area contributed by atoms with Gasteiger partial charge >= 0.3 is 5.69 Å². The zero-order chi connectivity index (χ0) is 28.1. The molecule has 9 heteroatoms. The van der Waals surface area contributed by atoms with Crippen molar-refractivity contribution in [1.82, 2.24) is 24.0 Å². The van der Waals surface area contributed by atoms with Crippen LogP contribution in [0.15, 0.2) is 96.1 Å². The van der Waals surface area contributed by atoms with Gasteiger partial charge < -0.3 is 10.0 Å². The van der Waals surface area contributed by atoms with Crippen molar-refractivity contribution in [1.29, 1.82) is 0 Å². The molecule has 0 saturated heterocycles. The Morgan fingerprint density at radius 3 is 2.43 bits per heavy atom. The molecular weight excluding hydrogens is 550 g/mol. The van der Waals surface area contributed by atoms with Gasteiger partial charge in [-0.15, -0.1) is 12.4 Å². The smallest absolute Gasteiger partial charge is 0.333 e. The number of carbonyl (C=O) groups excluding carboxylic acids is 1. The molecule has 4 heterocycles. The van der Waals surface area contributed by atoms with Crippen LogP contribution in [-0.4, -0.2) is 54.7 Å². The van der Waals surface area contributed by atoms with E-state index in [-0.39, 0.29) is 24.0 Å². The molecule has 0 bridgehead atoms. The summed E-state index contributed by atoms with van der Waals surface area (Å²) in [4.78, 5) is 36.3. The van der Waals surface area contributed by atoms with Crippen molar-refractivity contribution in [2.24, 2.45) is 7.05 Å². The molecule has 0 fully saturated rings. The molecule has 210 valence electrons. The SMILES string of the molecule is Cl.Cn1c(=O)n(-c2ccc(C3=CCN(C(=O)CO)CC3)cc2)c2c3cc(-c4cnc5ccccc5c4)ccc3ncc21. The summed E-state index contributed by atoms with van der Waals surface area (Å²) >= 11 is 0. The van der Waals surface area contributed by atoms with E-state index in [9.17, 15) is 9.59 Å². The average molecular weight is 578 g/mol. The van der Waals surface area contributed by atoms with Crippen LogP contribution in [0.5, 0.6) is 0 Å². The second-order valence-electron chi connectivity index (χ2n) is 10.3. The lowest BCUT2D eigenvalue weighted by Crippen LogP contribution is -2.36. The number of hydrogen-bond donors (Lipinski definition) is 1. The maximum Gasteiger partial charge on any atom is 0.333 e. The first-order valence-electron chi connectivity index (χ1n) is 13.6. The molecule has 1 aliphatic rings. The third kappa shape index (κ3) is 4.55. The predicted octanol–water partition coefficient (Wildman–Crippen LogP) is 5.12. The molecule has 0 saturated carbocycles. The number of pyridine rings is 2. The van der Waals surface area contributed by atoms with Crippen LogP contribution in [0, 0.1) is 0 Å². The van der Waals surface area contributed by atoms with Gasteiger partial charge in [-0.1, -0.05) is 42.5 Å². The monoisotopic (exact) mass is 577 g/mol. The van der Waals surface area contributed by atoms with E-state index < -0.39 is 6.61 Å². The van der Waals surface area contributed by atoms with Crippen LogP contribution in [0.1, 0.15) is 12.0 Å². The van der Waals surface area contributed by atoms with E-state index in [1.165, 1.54) is 0 Å². The van der Waals surface area contributed by atoms with Gasteiger partial charge in [0.25, 0.3) is 0 Å². The summed E-state index contributed by atoms with van der Waals surface area (Å²) in [5.74, 6) is -0.257. The second kappa shape index (κ2) is 10.9. The fourth-order valence-corrected chi connectivity index (χ4v) is 5.73. The molecule has 1 aliphatic heterocycles. The molecule has 0 spiro atoms. The molecule has 8 nitrogen and oxygen atoms in total. The topological polar surface area (TPSA) is 93.2 Å². The van der Waals surface area contributed by atoms with Crippen LogP contribution in [0.2, 0.25) is 0 Å². The summed E-state index contributed by atoms with van der Waals surface area (Å²) in [6.45, 7) is 0.583. The minimum Gasteiger partial charge on any atom is -0.387 e. The van der Waals surface area contributed by atoms with Gasteiger partial charge in [-0.05, 0) is 59.5 Å². The summed E-state index contributed by atoms with van der Waals surface area (Å²) in [7, 11) is 1.77. The zero-order valence-electron chi connectivity index (χ0n) is 22.9. The highest BCUT2D eigenvalue weighted by Gasteiger charge is 2.19. The molecule has 3 aromatic carbocycles. The molecule has 1 amide bonds. The van der Waals surface area contributed by atoms with Crippen molar-refractivity contribution in [3.63, 3.8) is 0 Å². The zero-order valence-corrected chi connectivity index (χ0v) is 23.7. The minimum atomic E-state index is -0.470. The van der Waals surface area contributed by atoms with Gasteiger partial charge in [0.2, 0.25) is 5.91 Å². The highest BCUT2D eigenvalue weighted by Crippen LogP contribution is 2.31. The van der Waals surface area contributed by atoms with Gasteiger partial charge in [-0.25, -0.2) is 4.79 Å². The van der Waals surface area contributed by atoms with E-state index in [1.807, 2.05) is 66.9 Å². The quantitative estimate of drug-likeness (QED) is 0.314. The lowest BCUT2D eigenvalue weighted by atomic mass is 9.99. The van der Waals surface area contributed by atoms with Crippen LogP contribution < -0.4 is 5.69 Å². The van der Waals surface area contributed by atoms with Crippen molar-refractivity contribution in [3.05, 3.63) is 107 Å². The Hall–Kier alpha value is -4.79. The first-order valence-corrected chi connectivity index (χ1v) is 13.6. The fourth-order valence-electron chi connectivity index (χ4n) is 5.73. The molecular formula is C33H28ClN5O3. The Morgan fingerprint density at radius 1 is 0.905 bits per heavy atom. The third-order valence-corrected chi connectivity index (χ3v) is 8.00. The molecule has 0 unspecified atom stereocenters. The molecule has 1 N–H and O–H groups in total. The Bertz CT molecular complexity index is 2080. The number of fused-ring (bicyclic) bond motifs is 4. The number of aromatic nitrogens is 4. The number of aliphatic hydroxyl groups excluding tert-OH is 1. The van der Waals surface area contributed by atoms with E-state index in [1.54, 1.807) is 27.3 Å². The van der Waals surface area contributed by atoms with E-state index in [4.69, 9.17) is 5.11 Å². The molecule has 6 aromatic rings. The number of rotatable bonds is 4. The first-order chi connectivity index (χ1) is 20.0. The first kappa shape index (κ1) is 27.4. The number of benzene rings is 3. The Balaban J connectivity index is 0.00000316. The number of nitrogens with zero attached hydrogens (tertiary/aromatic N) is 5. The number of aliphatic hydroxyl groups is 1. The van der Waals surface area contributed by atoms with E-state index in [0.29, 0.717) is 19.5 Å². The fraction of sp³-hybridized carbons (Fsp3) is 0.152. The van der Waals surface area contributed by atoms with Crippen molar-refractivity contribution >= 4 is 56.7 Å². The van der Waals surface area contributed by atoms with Crippen LogP contribution in [-0.2, 0) is 11.8 Å². The highest BCUT2D eigenvalue weighted by molar-refractivity contribution is 6.05. The summed E-state index contributed by atoms with van der Waals surface area (Å²) in [6, 6.07) is 24.3. The number of hydrogen-bond acceptors (Lipinski definition) is 5. The number of para-hydroxylation sites is 1. The largest absolute Gasteiger partial charge is 0.387 e. The van der Waals surface area contributed by atoms with Gasteiger partial charge in [0.05, 0.1) is 34.0 Å². The standard InChI is InChI=1S/C33H27N5O3.ClH/c1-36-30-19-35-29-11-8-23(25-16-24-4-2-3-5-28(24)34-18-25)17-27(29)32(30)38(33(36)41)26-9-6-21(7-10-26)22-12-14-37(15-13-22)31(40)20-39;/h2-12,16-19,39H,13-15,20H2,1H3;1H. The minimum absolute atomic E-state index is 0. The molecule has 42 heavy (non-hydrogen) atoms. The maximum absolute atomic E-state index is 13.6. The van der Waals surface area contributed by atoms with Crippen molar-refractivity contribution in [3.8, 4) is 16.8 Å². The van der Waals surface area contributed by atoms with Crippen LogP contribution in [0.25, 0.3) is 55.2 Å². The summed E-state index contributed by atoms with van der Waals surface area (Å²) in [5, 5.41) is 11.1. The third-order valence-electron chi connectivity index (χ3n) is 8.00. The number of amides is 1. The number of imidazole rings is 1. The van der Waals surface area contributed by atoms with E-state index >= 15 is 0 Å². The van der Waals surface area contributed by atoms with Gasteiger partial charge in [0.15, 0.2) is 0 Å². The summed E-state index contributed by atoms with van der Waals surface area (Å²) in [6.07, 6.45) is 6.38. The molecule has 7 rings (SSSR count). The van der Waals surface area contributed by atoms with Crippen molar-refractivity contribution in [2.75, 3.05) is 19.7 Å². The number of carbonyl (C=O) groups is 1. The number of aryl methyl sites for hydroxylation is 1. The molecule has 0 atom stereocenters. The Labute approximate surface area is 247 Å². The Kier molecular flexibility index (Phi) is 7.10.